The van der Waals surface area contributed by atoms with Crippen LogP contribution in [0.5, 0.6) is 0 Å². The van der Waals surface area contributed by atoms with Gasteiger partial charge < -0.3 is 10.8 Å². The van der Waals surface area contributed by atoms with Crippen LogP contribution >= 0.6 is 0 Å². The third-order valence-corrected chi connectivity index (χ3v) is 5.83. The number of hydrogen-bond acceptors (Lipinski definition) is 4. The van der Waals surface area contributed by atoms with Crippen LogP contribution in [0, 0.1) is 13.8 Å². The Balaban J connectivity index is 2.30. The van der Waals surface area contributed by atoms with E-state index < -0.39 is 15.6 Å². The molecule has 0 aliphatic carbocycles. The van der Waals surface area contributed by atoms with Crippen molar-refractivity contribution in [1.29, 1.82) is 0 Å². The highest BCUT2D eigenvalue weighted by Crippen LogP contribution is 2.33. The van der Waals surface area contributed by atoms with E-state index in [0.29, 0.717) is 17.7 Å². The average Bonchev–Trinajstić information content (AvgIpc) is 2.30. The van der Waals surface area contributed by atoms with E-state index in [4.69, 9.17) is 5.73 Å². The predicted molar refractivity (Wildman–Crippen MR) is 78.9 cm³/mol. The van der Waals surface area contributed by atoms with Crippen LogP contribution < -0.4 is 5.73 Å². The maximum Gasteiger partial charge on any atom is 0.243 e. The summed E-state index contributed by atoms with van der Waals surface area (Å²) in [6.07, 6.45) is 1.45. The lowest BCUT2D eigenvalue weighted by molar-refractivity contribution is -0.0653. The number of benzene rings is 1. The minimum absolute atomic E-state index is 0.163. The molecule has 112 valence electrons. The third kappa shape index (κ3) is 2.55. The molecule has 1 aromatic carbocycles. The summed E-state index contributed by atoms with van der Waals surface area (Å²) >= 11 is 0. The summed E-state index contributed by atoms with van der Waals surface area (Å²) in [5, 5.41) is 10.1. The van der Waals surface area contributed by atoms with Crippen molar-refractivity contribution in [2.45, 2.75) is 44.1 Å². The smallest absolute Gasteiger partial charge is 0.243 e. The van der Waals surface area contributed by atoms with E-state index >= 15 is 0 Å². The second-order valence-corrected chi connectivity index (χ2v) is 7.61. The lowest BCUT2D eigenvalue weighted by atomic mass is 9.92. The first-order valence-corrected chi connectivity index (χ1v) is 8.23. The zero-order valence-electron chi connectivity index (χ0n) is 12.2. The lowest BCUT2D eigenvalue weighted by Gasteiger charge is -2.45. The number of nitrogens with two attached hydrogens (primary N) is 1. The molecule has 0 aromatic heterocycles. The van der Waals surface area contributed by atoms with Crippen molar-refractivity contribution in [3.63, 3.8) is 0 Å². The maximum absolute atomic E-state index is 12.6. The number of nitrogens with zero attached hydrogens (tertiary/aromatic N) is 1. The minimum atomic E-state index is -3.57. The standard InChI is InChI=1S/C14H22N2O3S/c1-4-5-14(17)8-16(9-14)20(18,19)13-7-12(15)6-10(2)11(13)3/h6-7,17H,4-5,8-9,15H2,1-3H3. The van der Waals surface area contributed by atoms with Crippen molar-refractivity contribution >= 4 is 15.7 Å². The first-order chi connectivity index (χ1) is 9.19. The second kappa shape index (κ2) is 5.02. The average molecular weight is 298 g/mol. The number of rotatable bonds is 4. The molecule has 3 N–H and O–H groups in total. The van der Waals surface area contributed by atoms with Gasteiger partial charge in [-0.25, -0.2) is 8.42 Å². The normalized spacial score (nSPS) is 18.8. The van der Waals surface area contributed by atoms with Gasteiger partial charge in [0.05, 0.1) is 10.5 Å². The van der Waals surface area contributed by atoms with Crippen LogP contribution in [0.3, 0.4) is 0 Å². The summed E-state index contributed by atoms with van der Waals surface area (Å²) in [4.78, 5) is 0.244. The van der Waals surface area contributed by atoms with Gasteiger partial charge in [-0.1, -0.05) is 13.3 Å². The van der Waals surface area contributed by atoms with E-state index in [1.165, 1.54) is 10.4 Å². The quantitative estimate of drug-likeness (QED) is 0.824. The van der Waals surface area contributed by atoms with Crippen LogP contribution in [0.15, 0.2) is 17.0 Å². The largest absolute Gasteiger partial charge is 0.399 e. The topological polar surface area (TPSA) is 83.6 Å². The van der Waals surface area contributed by atoms with Gasteiger partial charge in [-0.05, 0) is 43.5 Å². The van der Waals surface area contributed by atoms with Crippen molar-refractivity contribution in [3.05, 3.63) is 23.3 Å². The van der Waals surface area contributed by atoms with Gasteiger partial charge in [-0.2, -0.15) is 4.31 Å². The van der Waals surface area contributed by atoms with Crippen LogP contribution in [0.4, 0.5) is 5.69 Å². The van der Waals surface area contributed by atoms with Gasteiger partial charge in [0.15, 0.2) is 0 Å². The molecule has 6 heteroatoms. The van der Waals surface area contributed by atoms with Gasteiger partial charge in [-0.15, -0.1) is 0 Å². The molecular weight excluding hydrogens is 276 g/mol. The number of anilines is 1. The number of β-amino-alcohol motifs (C(OH)–C–C–N with tert-alkyl or cyclic N) is 1. The molecule has 2 rings (SSSR count). The molecule has 0 amide bonds. The monoisotopic (exact) mass is 298 g/mol. The molecular formula is C14H22N2O3S. The van der Waals surface area contributed by atoms with Gasteiger partial charge in [0.2, 0.25) is 10.0 Å². The highest BCUT2D eigenvalue weighted by Gasteiger charge is 2.46. The molecule has 1 aromatic rings. The Morgan fingerprint density at radius 1 is 1.35 bits per heavy atom. The number of sulfonamides is 1. The molecule has 0 atom stereocenters. The lowest BCUT2D eigenvalue weighted by Crippen LogP contribution is -2.63. The molecule has 1 aliphatic rings. The zero-order valence-corrected chi connectivity index (χ0v) is 13.0. The van der Waals surface area contributed by atoms with Crippen molar-refractivity contribution in [3.8, 4) is 0 Å². The molecule has 0 saturated carbocycles. The summed E-state index contributed by atoms with van der Waals surface area (Å²) in [7, 11) is -3.57. The Kier molecular flexibility index (Phi) is 3.83. The number of hydrogen-bond donors (Lipinski definition) is 2. The highest BCUT2D eigenvalue weighted by atomic mass is 32.2. The molecule has 0 radical (unpaired) electrons. The number of nitrogen functional groups attached to an aromatic ring is 1. The van der Waals surface area contributed by atoms with E-state index in [2.05, 4.69) is 0 Å². The fraction of sp³-hybridized carbons (Fsp3) is 0.571. The van der Waals surface area contributed by atoms with Crippen molar-refractivity contribution in [2.75, 3.05) is 18.8 Å². The summed E-state index contributed by atoms with van der Waals surface area (Å²) in [5.41, 5.74) is 6.89. The molecule has 1 saturated heterocycles. The Labute approximate surface area is 120 Å². The molecule has 0 bridgehead atoms. The SMILES string of the molecule is CCCC1(O)CN(S(=O)(=O)c2cc(N)cc(C)c2C)C1. The van der Waals surface area contributed by atoms with E-state index in [9.17, 15) is 13.5 Å². The zero-order chi connectivity index (χ0) is 15.1. The summed E-state index contributed by atoms with van der Waals surface area (Å²) in [6.45, 7) is 5.92. The highest BCUT2D eigenvalue weighted by molar-refractivity contribution is 7.89. The molecule has 0 spiro atoms. The Morgan fingerprint density at radius 3 is 2.50 bits per heavy atom. The van der Waals surface area contributed by atoms with Crippen molar-refractivity contribution < 1.29 is 13.5 Å². The molecule has 1 heterocycles. The first kappa shape index (κ1) is 15.3. The van der Waals surface area contributed by atoms with E-state index in [1.54, 1.807) is 13.0 Å². The van der Waals surface area contributed by atoms with Crippen molar-refractivity contribution in [2.24, 2.45) is 0 Å². The fourth-order valence-electron chi connectivity index (χ4n) is 2.66. The fourth-order valence-corrected chi connectivity index (χ4v) is 4.60. The number of aryl methyl sites for hydroxylation is 1. The van der Waals surface area contributed by atoms with Gasteiger partial charge in [0.1, 0.15) is 0 Å². The van der Waals surface area contributed by atoms with Gasteiger partial charge in [-0.3, -0.25) is 0 Å². The van der Waals surface area contributed by atoms with Gasteiger partial charge in [0.25, 0.3) is 0 Å². The van der Waals surface area contributed by atoms with E-state index in [0.717, 1.165) is 12.0 Å². The summed E-state index contributed by atoms with van der Waals surface area (Å²) in [5.74, 6) is 0. The van der Waals surface area contributed by atoms with Gasteiger partial charge in [0, 0.05) is 18.8 Å². The Morgan fingerprint density at radius 2 is 1.95 bits per heavy atom. The Hall–Kier alpha value is -1.11. The van der Waals surface area contributed by atoms with E-state index in [-0.39, 0.29) is 18.0 Å². The maximum atomic E-state index is 12.6. The summed E-state index contributed by atoms with van der Waals surface area (Å²) in [6, 6.07) is 3.26. The molecule has 0 unspecified atom stereocenters. The van der Waals surface area contributed by atoms with Crippen LogP contribution in [0.2, 0.25) is 0 Å². The third-order valence-electron chi connectivity index (χ3n) is 3.92. The molecule has 20 heavy (non-hydrogen) atoms. The predicted octanol–water partition coefficient (Wildman–Crippen LogP) is 1.42. The second-order valence-electron chi connectivity index (χ2n) is 5.71. The summed E-state index contributed by atoms with van der Waals surface area (Å²) < 4.78 is 26.5. The van der Waals surface area contributed by atoms with Crippen LogP contribution in [0.25, 0.3) is 0 Å². The molecule has 1 fully saturated rings. The minimum Gasteiger partial charge on any atom is -0.399 e. The van der Waals surface area contributed by atoms with Crippen LogP contribution in [-0.4, -0.2) is 36.5 Å². The van der Waals surface area contributed by atoms with E-state index in [1.807, 2.05) is 13.8 Å². The molecule has 5 nitrogen and oxygen atoms in total. The van der Waals surface area contributed by atoms with Crippen molar-refractivity contribution in [1.82, 2.24) is 4.31 Å². The number of aliphatic hydroxyl groups is 1. The molecule has 1 aliphatic heterocycles. The van der Waals surface area contributed by atoms with Gasteiger partial charge >= 0.3 is 0 Å². The Bertz CT molecular complexity index is 620. The van der Waals surface area contributed by atoms with Crippen LogP contribution in [0.1, 0.15) is 30.9 Å². The first-order valence-electron chi connectivity index (χ1n) is 6.79. The van der Waals surface area contributed by atoms with Crippen LogP contribution in [-0.2, 0) is 10.0 Å².